The first-order valence-electron chi connectivity index (χ1n) is 8.51. The maximum Gasteiger partial charge on any atom is 0.262 e. The van der Waals surface area contributed by atoms with Crippen molar-refractivity contribution in [2.24, 2.45) is 0 Å². The molecule has 0 aliphatic heterocycles. The number of halogens is 1. The number of fused-ring (bicyclic) bond motifs is 1. The van der Waals surface area contributed by atoms with Crippen LogP contribution in [0.2, 0.25) is 0 Å². The molecule has 0 unspecified atom stereocenters. The largest absolute Gasteiger partial charge is 0.494 e. The Bertz CT molecular complexity index is 987. The monoisotopic (exact) mass is 372 g/mol. The zero-order valence-electron chi connectivity index (χ0n) is 15.0. The molecule has 0 fully saturated rings. The van der Waals surface area contributed by atoms with E-state index < -0.39 is 5.82 Å². The summed E-state index contributed by atoms with van der Waals surface area (Å²) in [6, 6.07) is 12.3. The molecule has 0 N–H and O–H groups in total. The molecule has 136 valence electrons. The average molecular weight is 372 g/mol. The summed E-state index contributed by atoms with van der Waals surface area (Å²) in [7, 11) is 1.44. The molecule has 4 nitrogen and oxygen atoms in total. The highest BCUT2D eigenvalue weighted by Crippen LogP contribution is 2.27. The van der Waals surface area contributed by atoms with Gasteiger partial charge in [0, 0.05) is 11.8 Å². The van der Waals surface area contributed by atoms with Gasteiger partial charge in [0.05, 0.1) is 18.0 Å². The lowest BCUT2D eigenvalue weighted by Crippen LogP contribution is -2.26. The first-order valence-corrected chi connectivity index (χ1v) is 9.50. The van der Waals surface area contributed by atoms with Gasteiger partial charge in [-0.05, 0) is 43.2 Å². The van der Waals surface area contributed by atoms with Crippen LogP contribution < -0.4 is 10.3 Å². The van der Waals surface area contributed by atoms with E-state index in [2.05, 4.69) is 4.98 Å². The topological polar surface area (TPSA) is 44.1 Å². The Hall–Kier alpha value is -2.34. The van der Waals surface area contributed by atoms with Gasteiger partial charge < -0.3 is 4.74 Å². The van der Waals surface area contributed by atoms with Gasteiger partial charge in [0.25, 0.3) is 5.56 Å². The second-order valence-electron chi connectivity index (χ2n) is 6.10. The van der Waals surface area contributed by atoms with E-state index in [1.165, 1.54) is 24.9 Å². The smallest absolute Gasteiger partial charge is 0.262 e. The van der Waals surface area contributed by atoms with E-state index in [1.54, 1.807) is 16.7 Å². The fraction of sp³-hybridized carbons (Fsp3) is 0.300. The van der Waals surface area contributed by atoms with Gasteiger partial charge in [-0.3, -0.25) is 9.36 Å². The summed E-state index contributed by atoms with van der Waals surface area (Å²) in [4.78, 5) is 17.6. The van der Waals surface area contributed by atoms with Gasteiger partial charge in [-0.2, -0.15) is 0 Å². The maximum absolute atomic E-state index is 13.9. The second kappa shape index (κ2) is 7.91. The number of hydrogen-bond acceptors (Lipinski definition) is 4. The Labute approximate surface area is 156 Å². The Morgan fingerprint density at radius 2 is 2.04 bits per heavy atom. The standard InChI is InChI=1S/C20H21FN2O2S/c1-4-13(2)23-19(24)15-7-5-6-8-17(15)22-20(23)26-12-14-9-10-18(25-3)16(21)11-14/h5-11,13H,4,12H2,1-3H3/t13-/m1/s1. The number of hydrogen-bond donors (Lipinski definition) is 0. The minimum Gasteiger partial charge on any atom is -0.494 e. The van der Waals surface area contributed by atoms with Crippen LogP contribution in [0.15, 0.2) is 52.4 Å². The first-order chi connectivity index (χ1) is 12.5. The van der Waals surface area contributed by atoms with Gasteiger partial charge in [-0.1, -0.05) is 36.9 Å². The van der Waals surface area contributed by atoms with Crippen LogP contribution in [0.3, 0.4) is 0 Å². The van der Waals surface area contributed by atoms with Crippen LogP contribution in [0, 0.1) is 5.82 Å². The van der Waals surface area contributed by atoms with Gasteiger partial charge in [-0.25, -0.2) is 9.37 Å². The summed E-state index contributed by atoms with van der Waals surface area (Å²) in [5.41, 5.74) is 1.46. The van der Waals surface area contributed by atoms with Crippen molar-refractivity contribution in [2.75, 3.05) is 7.11 Å². The van der Waals surface area contributed by atoms with Gasteiger partial charge in [0.1, 0.15) is 0 Å². The number of aromatic nitrogens is 2. The molecule has 1 aromatic heterocycles. The molecule has 2 aromatic carbocycles. The van der Waals surface area contributed by atoms with Crippen molar-refractivity contribution in [1.82, 2.24) is 9.55 Å². The number of rotatable bonds is 6. The van der Waals surface area contributed by atoms with E-state index in [1.807, 2.05) is 38.1 Å². The molecule has 0 bridgehead atoms. The molecule has 0 spiro atoms. The van der Waals surface area contributed by atoms with Crippen LogP contribution in [0.4, 0.5) is 4.39 Å². The molecule has 1 atom stereocenters. The molecule has 3 rings (SSSR count). The van der Waals surface area contributed by atoms with Crippen LogP contribution in [-0.2, 0) is 5.75 Å². The maximum atomic E-state index is 13.9. The highest BCUT2D eigenvalue weighted by atomic mass is 32.2. The van der Waals surface area contributed by atoms with Crippen molar-refractivity contribution in [3.8, 4) is 5.75 Å². The number of para-hydroxylation sites is 1. The fourth-order valence-corrected chi connectivity index (χ4v) is 3.79. The van der Waals surface area contributed by atoms with E-state index in [4.69, 9.17) is 4.74 Å². The predicted octanol–water partition coefficient (Wildman–Crippen LogP) is 4.81. The van der Waals surface area contributed by atoms with Crippen molar-refractivity contribution in [1.29, 1.82) is 0 Å². The molecule has 1 heterocycles. The van der Waals surface area contributed by atoms with Crippen LogP contribution in [-0.4, -0.2) is 16.7 Å². The number of thioether (sulfide) groups is 1. The van der Waals surface area contributed by atoms with E-state index >= 15 is 0 Å². The third-order valence-electron chi connectivity index (χ3n) is 4.39. The summed E-state index contributed by atoms with van der Waals surface area (Å²) in [6.07, 6.45) is 0.824. The van der Waals surface area contributed by atoms with E-state index in [9.17, 15) is 9.18 Å². The van der Waals surface area contributed by atoms with Gasteiger partial charge in [-0.15, -0.1) is 0 Å². The minimum absolute atomic E-state index is 0.0339. The van der Waals surface area contributed by atoms with E-state index in [0.717, 1.165) is 12.0 Å². The normalized spacial score (nSPS) is 12.3. The summed E-state index contributed by atoms with van der Waals surface area (Å²) in [5, 5.41) is 1.27. The Kier molecular flexibility index (Phi) is 5.61. The molecule has 0 amide bonds. The van der Waals surface area contributed by atoms with Crippen molar-refractivity contribution >= 4 is 22.7 Å². The van der Waals surface area contributed by atoms with Crippen molar-refractivity contribution in [2.45, 2.75) is 37.2 Å². The Morgan fingerprint density at radius 1 is 1.27 bits per heavy atom. The third kappa shape index (κ3) is 3.60. The number of benzene rings is 2. The van der Waals surface area contributed by atoms with Crippen LogP contribution >= 0.6 is 11.8 Å². The zero-order chi connectivity index (χ0) is 18.7. The Balaban J connectivity index is 1.98. The van der Waals surface area contributed by atoms with E-state index in [-0.39, 0.29) is 17.4 Å². The predicted molar refractivity (Wildman–Crippen MR) is 104 cm³/mol. The summed E-state index contributed by atoms with van der Waals surface area (Å²) in [5.74, 6) is 0.345. The van der Waals surface area contributed by atoms with Gasteiger partial charge in [0.2, 0.25) is 0 Å². The molecule has 0 saturated carbocycles. The van der Waals surface area contributed by atoms with Crippen LogP contribution in [0.1, 0.15) is 31.9 Å². The molecule has 3 aromatic rings. The summed E-state index contributed by atoms with van der Waals surface area (Å²) in [6.45, 7) is 4.05. The quantitative estimate of drug-likeness (QED) is 0.460. The van der Waals surface area contributed by atoms with Crippen molar-refractivity contribution in [3.05, 3.63) is 64.2 Å². The van der Waals surface area contributed by atoms with Gasteiger partial charge >= 0.3 is 0 Å². The molecular formula is C20H21FN2O2S. The molecule has 26 heavy (non-hydrogen) atoms. The fourth-order valence-electron chi connectivity index (χ4n) is 2.75. The lowest BCUT2D eigenvalue weighted by atomic mass is 10.2. The lowest BCUT2D eigenvalue weighted by Gasteiger charge is -2.18. The van der Waals surface area contributed by atoms with Crippen LogP contribution in [0.5, 0.6) is 5.75 Å². The highest BCUT2D eigenvalue weighted by molar-refractivity contribution is 7.98. The molecule has 0 radical (unpaired) electrons. The van der Waals surface area contributed by atoms with Crippen LogP contribution in [0.25, 0.3) is 10.9 Å². The second-order valence-corrected chi connectivity index (χ2v) is 7.04. The Morgan fingerprint density at radius 3 is 2.73 bits per heavy atom. The minimum atomic E-state index is -0.392. The van der Waals surface area contributed by atoms with Crippen molar-refractivity contribution in [3.63, 3.8) is 0 Å². The van der Waals surface area contributed by atoms with Crippen molar-refractivity contribution < 1.29 is 9.13 Å². The average Bonchev–Trinajstić information content (AvgIpc) is 2.66. The molecule has 0 aliphatic rings. The molecule has 0 aliphatic carbocycles. The SMILES string of the molecule is CC[C@@H](C)n1c(SCc2ccc(OC)c(F)c2)nc2ccccc2c1=O. The summed E-state index contributed by atoms with van der Waals surface area (Å²) >= 11 is 1.44. The number of ether oxygens (including phenoxy) is 1. The zero-order valence-corrected chi connectivity index (χ0v) is 15.8. The number of nitrogens with zero attached hydrogens (tertiary/aromatic N) is 2. The number of methoxy groups -OCH3 is 1. The lowest BCUT2D eigenvalue weighted by molar-refractivity contribution is 0.386. The first kappa shape index (κ1) is 18.5. The highest BCUT2D eigenvalue weighted by Gasteiger charge is 2.15. The third-order valence-corrected chi connectivity index (χ3v) is 5.42. The van der Waals surface area contributed by atoms with Gasteiger partial charge in [0.15, 0.2) is 16.7 Å². The molecular weight excluding hydrogens is 351 g/mol. The summed E-state index contributed by atoms with van der Waals surface area (Å²) < 4.78 is 20.6. The van der Waals surface area contributed by atoms with E-state index in [0.29, 0.717) is 21.8 Å². The molecule has 6 heteroatoms. The molecule has 0 saturated heterocycles.